The van der Waals surface area contributed by atoms with Crippen molar-refractivity contribution in [1.82, 2.24) is 4.90 Å². The molecule has 2 N–H and O–H groups in total. The number of methoxy groups -OCH3 is 1. The van der Waals surface area contributed by atoms with Crippen molar-refractivity contribution in [2.24, 2.45) is 5.16 Å². The quantitative estimate of drug-likeness (QED) is 0.489. The molecule has 0 radical (unpaired) electrons. The number of para-hydroxylation sites is 1. The Kier molecular flexibility index (Phi) is 4.53. The highest BCUT2D eigenvalue weighted by Crippen LogP contribution is 2.50. The fourth-order valence-electron chi connectivity index (χ4n) is 3.89. The van der Waals surface area contributed by atoms with Gasteiger partial charge in [-0.15, -0.1) is 0 Å². The summed E-state index contributed by atoms with van der Waals surface area (Å²) in [5.74, 6) is 2.06. The number of phenols is 1. The van der Waals surface area contributed by atoms with Crippen molar-refractivity contribution in [2.45, 2.75) is 18.9 Å². The van der Waals surface area contributed by atoms with E-state index in [2.05, 4.69) is 10.1 Å². The van der Waals surface area contributed by atoms with E-state index in [-0.39, 0.29) is 18.6 Å². The number of phenolic OH excluding ortho intramolecular Hbond substituents is 1. The van der Waals surface area contributed by atoms with E-state index < -0.39 is 0 Å². The van der Waals surface area contributed by atoms with Crippen molar-refractivity contribution in [3.8, 4) is 23.0 Å². The van der Waals surface area contributed by atoms with Crippen LogP contribution in [0.1, 0.15) is 29.2 Å². The number of rotatable bonds is 4. The molecule has 0 aromatic heterocycles. The molecule has 2 aromatic rings. The average molecular weight is 370 g/mol. The third-order valence-electron chi connectivity index (χ3n) is 5.27. The van der Waals surface area contributed by atoms with Gasteiger partial charge in [-0.3, -0.25) is 4.90 Å². The van der Waals surface area contributed by atoms with E-state index in [1.807, 2.05) is 13.1 Å². The Morgan fingerprint density at radius 2 is 2.15 bits per heavy atom. The number of benzene rings is 2. The van der Waals surface area contributed by atoms with Crippen LogP contribution >= 0.6 is 0 Å². The summed E-state index contributed by atoms with van der Waals surface area (Å²) in [5.41, 5.74) is 3.07. The van der Waals surface area contributed by atoms with Gasteiger partial charge in [0.25, 0.3) is 0 Å². The van der Waals surface area contributed by atoms with Gasteiger partial charge in [0, 0.05) is 30.1 Å². The second kappa shape index (κ2) is 7.00. The lowest BCUT2D eigenvalue weighted by atomic mass is 9.87. The zero-order valence-corrected chi connectivity index (χ0v) is 15.3. The van der Waals surface area contributed by atoms with Crippen LogP contribution in [0.5, 0.6) is 23.0 Å². The highest BCUT2D eigenvalue weighted by Gasteiger charge is 2.35. The Hall–Kier alpha value is -2.93. The number of aromatic hydroxyl groups is 1. The molecular formula is C20H22N2O5. The summed E-state index contributed by atoms with van der Waals surface area (Å²) >= 11 is 0. The molecule has 0 fully saturated rings. The van der Waals surface area contributed by atoms with Gasteiger partial charge in [-0.25, -0.2) is 0 Å². The van der Waals surface area contributed by atoms with Crippen molar-refractivity contribution in [3.05, 3.63) is 47.0 Å². The average Bonchev–Trinajstić information content (AvgIpc) is 3.15. The lowest BCUT2D eigenvalue weighted by Crippen LogP contribution is -2.34. The maximum atomic E-state index is 10.2. The number of likely N-dealkylation sites (N-methyl/N-ethyl adjacent to an activating group) is 1. The van der Waals surface area contributed by atoms with E-state index in [0.29, 0.717) is 34.9 Å². The standard InChI is InChI=1S/C20H22N2O5/c1-22-8-7-12-9-17-19(27-11-26-17)20(25-2)18(12)15(22)10-14(21-24)13-5-3-4-6-16(13)23/h3-6,9,15,23-24H,7-8,10-11H2,1-2H3/b21-14-/t15-/m0/s1. The molecule has 0 saturated heterocycles. The summed E-state index contributed by atoms with van der Waals surface area (Å²) in [6.07, 6.45) is 1.27. The lowest BCUT2D eigenvalue weighted by molar-refractivity contribution is 0.170. The molecule has 0 aliphatic carbocycles. The number of hydrogen-bond donors (Lipinski definition) is 2. The Morgan fingerprint density at radius 1 is 1.33 bits per heavy atom. The predicted molar refractivity (Wildman–Crippen MR) is 99.2 cm³/mol. The first kappa shape index (κ1) is 17.5. The highest BCUT2D eigenvalue weighted by molar-refractivity contribution is 6.02. The van der Waals surface area contributed by atoms with E-state index in [4.69, 9.17) is 14.2 Å². The van der Waals surface area contributed by atoms with Gasteiger partial charge in [-0.1, -0.05) is 17.3 Å². The second-order valence-electron chi connectivity index (χ2n) is 6.73. The molecule has 7 nitrogen and oxygen atoms in total. The van der Waals surface area contributed by atoms with Crippen molar-refractivity contribution in [3.63, 3.8) is 0 Å². The fraction of sp³-hybridized carbons (Fsp3) is 0.350. The van der Waals surface area contributed by atoms with Gasteiger partial charge in [0.1, 0.15) is 5.75 Å². The molecule has 0 saturated carbocycles. The molecule has 142 valence electrons. The third kappa shape index (κ3) is 2.94. The minimum Gasteiger partial charge on any atom is -0.507 e. The van der Waals surface area contributed by atoms with Crippen LogP contribution < -0.4 is 14.2 Å². The largest absolute Gasteiger partial charge is 0.507 e. The van der Waals surface area contributed by atoms with Gasteiger partial charge in [-0.2, -0.15) is 0 Å². The number of oxime groups is 1. The van der Waals surface area contributed by atoms with Crippen LogP contribution in [0.3, 0.4) is 0 Å². The van der Waals surface area contributed by atoms with Crippen LogP contribution in [0, 0.1) is 0 Å². The first-order valence-electron chi connectivity index (χ1n) is 8.83. The summed E-state index contributed by atoms with van der Waals surface area (Å²) < 4.78 is 16.9. The van der Waals surface area contributed by atoms with Crippen LogP contribution in [-0.2, 0) is 6.42 Å². The molecule has 0 bridgehead atoms. The monoisotopic (exact) mass is 370 g/mol. The van der Waals surface area contributed by atoms with E-state index >= 15 is 0 Å². The van der Waals surface area contributed by atoms with Gasteiger partial charge in [0.2, 0.25) is 12.5 Å². The van der Waals surface area contributed by atoms with Crippen LogP contribution in [0.2, 0.25) is 0 Å². The summed E-state index contributed by atoms with van der Waals surface area (Å²) in [7, 11) is 3.64. The summed E-state index contributed by atoms with van der Waals surface area (Å²) in [6.45, 7) is 1.02. The second-order valence-corrected chi connectivity index (χ2v) is 6.73. The van der Waals surface area contributed by atoms with Gasteiger partial charge in [0.15, 0.2) is 11.5 Å². The Labute approximate surface area is 157 Å². The van der Waals surface area contributed by atoms with Gasteiger partial charge in [0.05, 0.1) is 12.8 Å². The minimum absolute atomic E-state index is 0.0848. The van der Waals surface area contributed by atoms with E-state index in [1.165, 1.54) is 0 Å². The fourth-order valence-corrected chi connectivity index (χ4v) is 3.89. The SMILES string of the molecule is COc1c2c(cc3c1[C@H](C/C(=N/O)c1ccccc1O)N(C)CC3)OCO2. The Morgan fingerprint density at radius 3 is 2.89 bits per heavy atom. The lowest BCUT2D eigenvalue weighted by Gasteiger charge is -2.36. The molecule has 27 heavy (non-hydrogen) atoms. The minimum atomic E-state index is -0.0938. The number of hydrogen-bond acceptors (Lipinski definition) is 7. The molecule has 1 atom stereocenters. The number of ether oxygens (including phenoxy) is 3. The molecule has 2 aliphatic rings. The summed E-state index contributed by atoms with van der Waals surface area (Å²) in [5, 5.41) is 23.3. The van der Waals surface area contributed by atoms with Gasteiger partial charge >= 0.3 is 0 Å². The molecule has 0 spiro atoms. The van der Waals surface area contributed by atoms with Gasteiger partial charge < -0.3 is 24.5 Å². The van der Waals surface area contributed by atoms with Crippen LogP contribution in [0.4, 0.5) is 0 Å². The van der Waals surface area contributed by atoms with Crippen molar-refractivity contribution in [2.75, 3.05) is 27.5 Å². The zero-order chi connectivity index (χ0) is 19.0. The normalized spacial score (nSPS) is 19.0. The van der Waals surface area contributed by atoms with Crippen molar-refractivity contribution in [1.29, 1.82) is 0 Å². The molecule has 2 aromatic carbocycles. The first-order chi connectivity index (χ1) is 13.1. The molecule has 4 rings (SSSR count). The van der Waals surface area contributed by atoms with E-state index in [1.54, 1.807) is 31.4 Å². The number of nitrogens with zero attached hydrogens (tertiary/aromatic N) is 2. The molecular weight excluding hydrogens is 348 g/mol. The molecule has 0 amide bonds. The van der Waals surface area contributed by atoms with Crippen molar-refractivity contribution < 1.29 is 24.5 Å². The summed E-state index contributed by atoms with van der Waals surface area (Å²) in [6, 6.07) is 8.78. The van der Waals surface area contributed by atoms with Gasteiger partial charge in [-0.05, 0) is 37.2 Å². The van der Waals surface area contributed by atoms with Crippen molar-refractivity contribution >= 4 is 5.71 Å². The smallest absolute Gasteiger partial charge is 0.231 e. The maximum Gasteiger partial charge on any atom is 0.231 e. The highest BCUT2D eigenvalue weighted by atomic mass is 16.7. The van der Waals surface area contributed by atoms with Crippen LogP contribution in [0.15, 0.2) is 35.5 Å². The Balaban J connectivity index is 1.78. The topological polar surface area (TPSA) is 83.8 Å². The number of fused-ring (bicyclic) bond motifs is 2. The van der Waals surface area contributed by atoms with E-state index in [0.717, 1.165) is 24.1 Å². The zero-order valence-electron chi connectivity index (χ0n) is 15.3. The Bertz CT molecular complexity index is 896. The maximum absolute atomic E-state index is 10.2. The first-order valence-corrected chi connectivity index (χ1v) is 8.83. The molecule has 7 heteroatoms. The molecule has 0 unspecified atom stereocenters. The summed E-state index contributed by atoms with van der Waals surface area (Å²) in [4.78, 5) is 2.19. The third-order valence-corrected chi connectivity index (χ3v) is 5.27. The van der Waals surface area contributed by atoms with E-state index in [9.17, 15) is 10.3 Å². The molecule has 2 heterocycles. The van der Waals surface area contributed by atoms with Crippen LogP contribution in [-0.4, -0.2) is 48.4 Å². The molecule has 2 aliphatic heterocycles. The predicted octanol–water partition coefficient (Wildman–Crippen LogP) is 2.93. The van der Waals surface area contributed by atoms with Crippen LogP contribution in [0.25, 0.3) is 0 Å².